The first-order valence-electron chi connectivity index (χ1n) is 7.46. The fraction of sp³-hybridized carbons (Fsp3) is 0.933. The number of unbranched alkanes of at least 4 members (excludes halogenated alkanes) is 5. The maximum absolute atomic E-state index is 11.8. The van der Waals surface area contributed by atoms with E-state index in [4.69, 9.17) is 0 Å². The Hall–Kier alpha value is -0.570. The molecule has 0 fully saturated rings. The van der Waals surface area contributed by atoms with Gasteiger partial charge in [0.15, 0.2) is 0 Å². The van der Waals surface area contributed by atoms with Crippen molar-refractivity contribution in [1.82, 2.24) is 9.80 Å². The molecule has 0 aromatic rings. The van der Waals surface area contributed by atoms with Crippen LogP contribution in [-0.4, -0.2) is 49.9 Å². The van der Waals surface area contributed by atoms with Gasteiger partial charge >= 0.3 is 0 Å². The van der Waals surface area contributed by atoms with Crippen LogP contribution in [0.5, 0.6) is 0 Å². The minimum absolute atomic E-state index is 0.309. The lowest BCUT2D eigenvalue weighted by molar-refractivity contribution is -0.130. The van der Waals surface area contributed by atoms with Crippen LogP contribution in [0.15, 0.2) is 0 Å². The van der Waals surface area contributed by atoms with Crippen molar-refractivity contribution in [3.63, 3.8) is 0 Å². The fourth-order valence-corrected chi connectivity index (χ4v) is 2.00. The van der Waals surface area contributed by atoms with Crippen molar-refractivity contribution < 1.29 is 4.79 Å². The first kappa shape index (κ1) is 17.4. The number of amides is 1. The van der Waals surface area contributed by atoms with Gasteiger partial charge in [-0.15, -0.1) is 0 Å². The molecule has 0 aliphatic rings. The molecular weight excluding hydrogens is 224 g/mol. The van der Waals surface area contributed by atoms with Crippen LogP contribution in [0.25, 0.3) is 0 Å². The topological polar surface area (TPSA) is 23.6 Å². The van der Waals surface area contributed by atoms with E-state index >= 15 is 0 Å². The van der Waals surface area contributed by atoms with Gasteiger partial charge in [-0.2, -0.15) is 0 Å². The van der Waals surface area contributed by atoms with E-state index in [9.17, 15) is 4.79 Å². The Morgan fingerprint density at radius 2 is 1.44 bits per heavy atom. The molecule has 0 rings (SSSR count). The molecule has 0 aliphatic heterocycles. The van der Waals surface area contributed by atoms with Crippen LogP contribution < -0.4 is 0 Å². The Balaban J connectivity index is 3.44. The Morgan fingerprint density at radius 3 is 2.06 bits per heavy atom. The van der Waals surface area contributed by atoms with Gasteiger partial charge in [0.2, 0.25) is 5.91 Å². The molecule has 18 heavy (non-hydrogen) atoms. The average molecular weight is 256 g/mol. The van der Waals surface area contributed by atoms with E-state index in [0.717, 1.165) is 32.4 Å². The zero-order valence-electron chi connectivity index (χ0n) is 12.9. The molecule has 0 aliphatic carbocycles. The number of carbonyl (C=O) groups is 1. The predicted molar refractivity (Wildman–Crippen MR) is 78.8 cm³/mol. The molecule has 0 aromatic carbocycles. The molecule has 1 amide bonds. The van der Waals surface area contributed by atoms with E-state index in [1.54, 1.807) is 0 Å². The normalized spacial score (nSPS) is 10.9. The second-order valence-corrected chi connectivity index (χ2v) is 5.49. The largest absolute Gasteiger partial charge is 0.346 e. The summed E-state index contributed by atoms with van der Waals surface area (Å²) in [7, 11) is 6.06. The van der Waals surface area contributed by atoms with Crippen LogP contribution in [0.1, 0.15) is 58.3 Å². The number of hydrogen-bond donors (Lipinski definition) is 0. The summed E-state index contributed by atoms with van der Waals surface area (Å²) in [4.78, 5) is 15.9. The van der Waals surface area contributed by atoms with Gasteiger partial charge in [-0.25, -0.2) is 0 Å². The summed E-state index contributed by atoms with van der Waals surface area (Å²) in [6.45, 7) is 4.16. The van der Waals surface area contributed by atoms with E-state index < -0.39 is 0 Å². The predicted octanol–water partition coefficient (Wildman–Crippen LogP) is 3.15. The smallest absolute Gasteiger partial charge is 0.222 e. The third kappa shape index (κ3) is 10.6. The Morgan fingerprint density at radius 1 is 0.833 bits per heavy atom. The van der Waals surface area contributed by atoms with Crippen molar-refractivity contribution >= 4 is 5.91 Å². The molecule has 108 valence electrons. The van der Waals surface area contributed by atoms with Crippen molar-refractivity contribution in [2.75, 3.05) is 34.2 Å². The third-order valence-corrected chi connectivity index (χ3v) is 3.27. The standard InChI is InChI=1S/C15H32N2O/c1-5-6-7-8-9-10-12-15(18)17(4)14-11-13-16(2)3/h5-14H2,1-4H3. The molecule has 0 N–H and O–H groups in total. The number of rotatable bonds is 11. The number of nitrogens with zero attached hydrogens (tertiary/aromatic N) is 2. The van der Waals surface area contributed by atoms with Gasteiger partial charge in [-0.05, 0) is 33.5 Å². The van der Waals surface area contributed by atoms with Crippen LogP contribution in [0.2, 0.25) is 0 Å². The van der Waals surface area contributed by atoms with Crippen molar-refractivity contribution in [2.45, 2.75) is 58.3 Å². The molecular formula is C15H32N2O. The Bertz CT molecular complexity index is 205. The van der Waals surface area contributed by atoms with Crippen LogP contribution in [0.4, 0.5) is 0 Å². The molecule has 0 atom stereocenters. The van der Waals surface area contributed by atoms with Crippen LogP contribution in [0.3, 0.4) is 0 Å². The van der Waals surface area contributed by atoms with Gasteiger partial charge in [-0.3, -0.25) is 4.79 Å². The Kier molecular flexibility index (Phi) is 11.2. The summed E-state index contributed by atoms with van der Waals surface area (Å²) in [5, 5.41) is 0. The summed E-state index contributed by atoms with van der Waals surface area (Å²) >= 11 is 0. The van der Waals surface area contributed by atoms with Gasteiger partial charge in [-0.1, -0.05) is 39.0 Å². The van der Waals surface area contributed by atoms with Crippen molar-refractivity contribution in [2.24, 2.45) is 0 Å². The van der Waals surface area contributed by atoms with E-state index in [0.29, 0.717) is 5.91 Å². The fourth-order valence-electron chi connectivity index (χ4n) is 2.00. The van der Waals surface area contributed by atoms with Gasteiger partial charge in [0.05, 0.1) is 0 Å². The summed E-state index contributed by atoms with van der Waals surface area (Å²) in [6.07, 6.45) is 9.27. The summed E-state index contributed by atoms with van der Waals surface area (Å²) < 4.78 is 0. The third-order valence-electron chi connectivity index (χ3n) is 3.27. The monoisotopic (exact) mass is 256 g/mol. The van der Waals surface area contributed by atoms with Crippen LogP contribution in [0, 0.1) is 0 Å². The Labute approximate surface area is 114 Å². The van der Waals surface area contributed by atoms with E-state index in [2.05, 4.69) is 25.9 Å². The summed E-state index contributed by atoms with van der Waals surface area (Å²) in [5.41, 5.74) is 0. The van der Waals surface area contributed by atoms with E-state index in [-0.39, 0.29) is 0 Å². The average Bonchev–Trinajstić information content (AvgIpc) is 2.32. The molecule has 3 heteroatoms. The van der Waals surface area contributed by atoms with Gasteiger partial charge in [0.25, 0.3) is 0 Å². The first-order chi connectivity index (χ1) is 8.57. The van der Waals surface area contributed by atoms with Gasteiger partial charge in [0, 0.05) is 20.0 Å². The number of hydrogen-bond acceptors (Lipinski definition) is 2. The molecule has 0 heterocycles. The lowest BCUT2D eigenvalue weighted by Gasteiger charge is -2.18. The quantitative estimate of drug-likeness (QED) is 0.530. The highest BCUT2D eigenvalue weighted by Crippen LogP contribution is 2.08. The highest BCUT2D eigenvalue weighted by Gasteiger charge is 2.07. The maximum Gasteiger partial charge on any atom is 0.222 e. The van der Waals surface area contributed by atoms with Crippen molar-refractivity contribution in [3.05, 3.63) is 0 Å². The van der Waals surface area contributed by atoms with Gasteiger partial charge in [0.1, 0.15) is 0 Å². The molecule has 3 nitrogen and oxygen atoms in total. The van der Waals surface area contributed by atoms with Crippen LogP contribution >= 0.6 is 0 Å². The highest BCUT2D eigenvalue weighted by atomic mass is 16.2. The van der Waals surface area contributed by atoms with E-state index in [1.165, 1.54) is 32.1 Å². The lowest BCUT2D eigenvalue weighted by atomic mass is 10.1. The summed E-state index contributed by atoms with van der Waals surface area (Å²) in [6, 6.07) is 0. The SMILES string of the molecule is CCCCCCCCC(=O)N(C)CCCN(C)C. The van der Waals surface area contributed by atoms with Crippen molar-refractivity contribution in [3.8, 4) is 0 Å². The molecule has 0 saturated heterocycles. The maximum atomic E-state index is 11.8. The zero-order valence-corrected chi connectivity index (χ0v) is 12.9. The van der Waals surface area contributed by atoms with Crippen molar-refractivity contribution in [1.29, 1.82) is 0 Å². The second kappa shape index (κ2) is 11.5. The highest BCUT2D eigenvalue weighted by molar-refractivity contribution is 5.75. The molecule has 0 bridgehead atoms. The zero-order chi connectivity index (χ0) is 13.8. The minimum Gasteiger partial charge on any atom is -0.346 e. The second-order valence-electron chi connectivity index (χ2n) is 5.49. The molecule has 0 aromatic heterocycles. The lowest BCUT2D eigenvalue weighted by Crippen LogP contribution is -2.29. The first-order valence-corrected chi connectivity index (χ1v) is 7.46. The van der Waals surface area contributed by atoms with E-state index in [1.807, 2.05) is 11.9 Å². The van der Waals surface area contributed by atoms with Gasteiger partial charge < -0.3 is 9.80 Å². The summed E-state index contributed by atoms with van der Waals surface area (Å²) in [5.74, 6) is 0.309. The number of carbonyl (C=O) groups excluding carboxylic acids is 1. The molecule has 0 spiro atoms. The van der Waals surface area contributed by atoms with Crippen LogP contribution in [-0.2, 0) is 4.79 Å². The minimum atomic E-state index is 0.309. The molecule has 0 saturated carbocycles. The molecule has 0 radical (unpaired) electrons. The molecule has 0 unspecified atom stereocenters.